The molecule has 0 aliphatic heterocycles. The third-order valence-corrected chi connectivity index (χ3v) is 3.40. The van der Waals surface area contributed by atoms with Crippen molar-refractivity contribution in [3.8, 4) is 5.88 Å². The van der Waals surface area contributed by atoms with Crippen LogP contribution in [0.5, 0.6) is 5.88 Å². The number of aromatic nitrogens is 3. The lowest BCUT2D eigenvalue weighted by atomic mass is 10.0. The number of hydrogen-bond acceptors (Lipinski definition) is 5. The van der Waals surface area contributed by atoms with Crippen molar-refractivity contribution in [2.45, 2.75) is 25.3 Å². The summed E-state index contributed by atoms with van der Waals surface area (Å²) in [4.78, 5) is 4.20. The molecule has 3 N–H and O–H groups in total. The molecule has 0 amide bonds. The van der Waals surface area contributed by atoms with E-state index in [4.69, 9.17) is 10.6 Å². The van der Waals surface area contributed by atoms with Gasteiger partial charge >= 0.3 is 0 Å². The largest absolute Gasteiger partial charge is 0.481 e. The van der Waals surface area contributed by atoms with Crippen LogP contribution in [0.1, 0.15) is 17.7 Å². The van der Waals surface area contributed by atoms with Gasteiger partial charge in [0.05, 0.1) is 7.11 Å². The zero-order chi connectivity index (χ0) is 14.4. The van der Waals surface area contributed by atoms with Crippen molar-refractivity contribution in [2.75, 3.05) is 7.11 Å². The molecule has 0 aromatic carbocycles. The predicted molar refractivity (Wildman–Crippen MR) is 77.1 cm³/mol. The van der Waals surface area contributed by atoms with Crippen LogP contribution in [-0.2, 0) is 19.9 Å². The zero-order valence-electron chi connectivity index (χ0n) is 11.9. The van der Waals surface area contributed by atoms with Gasteiger partial charge in [0.1, 0.15) is 0 Å². The van der Waals surface area contributed by atoms with E-state index in [1.807, 2.05) is 42.3 Å². The molecule has 0 bridgehead atoms. The highest BCUT2D eigenvalue weighted by Gasteiger charge is 2.10. The molecule has 0 saturated carbocycles. The van der Waals surface area contributed by atoms with Crippen molar-refractivity contribution in [3.63, 3.8) is 0 Å². The van der Waals surface area contributed by atoms with E-state index in [2.05, 4.69) is 15.5 Å². The van der Waals surface area contributed by atoms with Crippen molar-refractivity contribution in [2.24, 2.45) is 12.9 Å². The number of nitrogens with two attached hydrogens (primary N) is 1. The van der Waals surface area contributed by atoms with Crippen LogP contribution in [0.15, 0.2) is 30.6 Å². The highest BCUT2D eigenvalue weighted by molar-refractivity contribution is 5.18. The third-order valence-electron chi connectivity index (χ3n) is 3.40. The van der Waals surface area contributed by atoms with E-state index in [1.165, 1.54) is 5.69 Å². The van der Waals surface area contributed by atoms with Crippen molar-refractivity contribution in [1.82, 2.24) is 20.2 Å². The Kier molecular flexibility index (Phi) is 5.09. The fourth-order valence-corrected chi connectivity index (χ4v) is 2.15. The van der Waals surface area contributed by atoms with Crippen LogP contribution in [0.2, 0.25) is 0 Å². The van der Waals surface area contributed by atoms with Crippen LogP contribution in [-0.4, -0.2) is 27.9 Å². The Balaban J connectivity index is 1.89. The minimum atomic E-state index is 0.208. The molecule has 20 heavy (non-hydrogen) atoms. The SMILES string of the molecule is COc1ccc(CC(CCc2ccnn2C)NN)cn1. The number of methoxy groups -OCH3 is 1. The predicted octanol–water partition coefficient (Wildman–Crippen LogP) is 0.831. The van der Waals surface area contributed by atoms with E-state index in [-0.39, 0.29) is 6.04 Å². The van der Waals surface area contributed by atoms with Crippen molar-refractivity contribution >= 4 is 0 Å². The Bertz CT molecular complexity index is 523. The molecule has 0 saturated heterocycles. The zero-order valence-corrected chi connectivity index (χ0v) is 11.9. The Morgan fingerprint density at radius 2 is 2.25 bits per heavy atom. The first kappa shape index (κ1) is 14.5. The highest BCUT2D eigenvalue weighted by atomic mass is 16.5. The van der Waals surface area contributed by atoms with E-state index >= 15 is 0 Å². The number of ether oxygens (including phenoxy) is 1. The molecule has 0 radical (unpaired) electrons. The second-order valence-electron chi connectivity index (χ2n) is 4.76. The Morgan fingerprint density at radius 1 is 1.40 bits per heavy atom. The molecule has 0 aliphatic carbocycles. The average Bonchev–Trinajstić information content (AvgIpc) is 2.89. The number of nitrogens with one attached hydrogen (secondary N) is 1. The van der Waals surface area contributed by atoms with E-state index in [9.17, 15) is 0 Å². The molecule has 6 nitrogen and oxygen atoms in total. The van der Waals surface area contributed by atoms with Crippen LogP contribution in [0.3, 0.4) is 0 Å². The number of pyridine rings is 1. The van der Waals surface area contributed by atoms with Gasteiger partial charge in [0, 0.05) is 37.2 Å². The fourth-order valence-electron chi connectivity index (χ4n) is 2.15. The first-order chi connectivity index (χ1) is 9.72. The normalized spacial score (nSPS) is 12.3. The summed E-state index contributed by atoms with van der Waals surface area (Å²) in [5, 5.41) is 4.16. The van der Waals surface area contributed by atoms with Gasteiger partial charge < -0.3 is 4.74 Å². The maximum atomic E-state index is 5.64. The summed E-state index contributed by atoms with van der Waals surface area (Å²) in [5.41, 5.74) is 5.22. The second-order valence-corrected chi connectivity index (χ2v) is 4.76. The van der Waals surface area contributed by atoms with E-state index < -0.39 is 0 Å². The van der Waals surface area contributed by atoms with E-state index in [0.29, 0.717) is 5.88 Å². The summed E-state index contributed by atoms with van der Waals surface area (Å²) >= 11 is 0. The van der Waals surface area contributed by atoms with Crippen molar-refractivity contribution in [1.29, 1.82) is 0 Å². The molecule has 6 heteroatoms. The van der Waals surface area contributed by atoms with Crippen LogP contribution in [0.25, 0.3) is 0 Å². The Morgan fingerprint density at radius 3 is 2.80 bits per heavy atom. The lowest BCUT2D eigenvalue weighted by molar-refractivity contribution is 0.397. The number of nitrogens with zero attached hydrogens (tertiary/aromatic N) is 3. The van der Waals surface area contributed by atoms with Crippen molar-refractivity contribution < 1.29 is 4.74 Å². The van der Waals surface area contributed by atoms with Crippen LogP contribution in [0.4, 0.5) is 0 Å². The summed E-state index contributed by atoms with van der Waals surface area (Å²) in [6, 6.07) is 6.12. The molecule has 2 heterocycles. The minimum absolute atomic E-state index is 0.208. The maximum Gasteiger partial charge on any atom is 0.212 e. The van der Waals surface area contributed by atoms with Gasteiger partial charge in [-0.05, 0) is 30.9 Å². The molecular weight excluding hydrogens is 254 g/mol. The highest BCUT2D eigenvalue weighted by Crippen LogP contribution is 2.11. The lowest BCUT2D eigenvalue weighted by Gasteiger charge is -2.15. The molecule has 0 aliphatic rings. The monoisotopic (exact) mass is 275 g/mol. The first-order valence-corrected chi connectivity index (χ1v) is 6.65. The number of aryl methyl sites for hydroxylation is 2. The van der Waals surface area contributed by atoms with E-state index in [0.717, 1.165) is 24.8 Å². The average molecular weight is 275 g/mol. The van der Waals surface area contributed by atoms with Gasteiger partial charge in [0.2, 0.25) is 5.88 Å². The smallest absolute Gasteiger partial charge is 0.212 e. The fraction of sp³-hybridized carbons (Fsp3) is 0.429. The third kappa shape index (κ3) is 3.79. The number of rotatable bonds is 7. The van der Waals surface area contributed by atoms with Gasteiger partial charge in [-0.15, -0.1) is 0 Å². The molecule has 0 fully saturated rings. The summed E-state index contributed by atoms with van der Waals surface area (Å²) in [6.45, 7) is 0. The van der Waals surface area contributed by atoms with Crippen LogP contribution in [0, 0.1) is 0 Å². The summed E-state index contributed by atoms with van der Waals surface area (Å²) in [5.74, 6) is 6.26. The standard InChI is InChI=1S/C14H21N5O/c1-19-13(7-8-17-19)5-4-12(18-15)9-11-3-6-14(20-2)16-10-11/h3,6-8,10,12,18H,4-5,9,15H2,1-2H3. The molecule has 2 aromatic heterocycles. The van der Waals surface area contributed by atoms with Gasteiger partial charge in [-0.3, -0.25) is 16.0 Å². The number of hydrazine groups is 1. The quantitative estimate of drug-likeness (QED) is 0.578. The lowest BCUT2D eigenvalue weighted by Crippen LogP contribution is -2.37. The van der Waals surface area contributed by atoms with Gasteiger partial charge in [-0.1, -0.05) is 6.07 Å². The molecular formula is C14H21N5O. The Hall–Kier alpha value is -1.92. The van der Waals surface area contributed by atoms with Crippen molar-refractivity contribution in [3.05, 3.63) is 41.9 Å². The molecule has 1 atom stereocenters. The second kappa shape index (κ2) is 7.02. The molecule has 2 aromatic rings. The minimum Gasteiger partial charge on any atom is -0.481 e. The molecule has 108 valence electrons. The first-order valence-electron chi connectivity index (χ1n) is 6.65. The van der Waals surface area contributed by atoms with Gasteiger partial charge in [0.15, 0.2) is 0 Å². The number of hydrogen-bond donors (Lipinski definition) is 2. The van der Waals surface area contributed by atoms with Crippen LogP contribution >= 0.6 is 0 Å². The van der Waals surface area contributed by atoms with E-state index in [1.54, 1.807) is 7.11 Å². The topological polar surface area (TPSA) is 78.0 Å². The molecule has 1 unspecified atom stereocenters. The van der Waals surface area contributed by atoms with Crippen LogP contribution < -0.4 is 16.0 Å². The molecule has 0 spiro atoms. The van der Waals surface area contributed by atoms with Gasteiger partial charge in [-0.25, -0.2) is 4.98 Å². The van der Waals surface area contributed by atoms with Gasteiger partial charge in [0.25, 0.3) is 0 Å². The van der Waals surface area contributed by atoms with Gasteiger partial charge in [-0.2, -0.15) is 5.10 Å². The summed E-state index contributed by atoms with van der Waals surface area (Å²) in [7, 11) is 3.56. The summed E-state index contributed by atoms with van der Waals surface area (Å²) < 4.78 is 6.94. The summed E-state index contributed by atoms with van der Waals surface area (Å²) in [6.07, 6.45) is 6.36. The molecule has 2 rings (SSSR count). The Labute approximate surface area is 118 Å². The maximum absolute atomic E-state index is 5.64.